The Labute approximate surface area is 121 Å². The molecule has 0 bridgehead atoms. The molecule has 1 fully saturated rings. The van der Waals surface area contributed by atoms with Crippen molar-refractivity contribution in [2.75, 3.05) is 20.1 Å². The molecule has 2 heterocycles. The van der Waals surface area contributed by atoms with E-state index in [4.69, 9.17) is 0 Å². The zero-order valence-electron chi connectivity index (χ0n) is 12.9. The molecule has 19 heavy (non-hydrogen) atoms. The smallest absolute Gasteiger partial charge is 0.0900 e. The van der Waals surface area contributed by atoms with Gasteiger partial charge in [0.25, 0.3) is 0 Å². The summed E-state index contributed by atoms with van der Waals surface area (Å²) in [7, 11) is 2.24. The number of likely N-dealkylation sites (tertiary alicyclic amines) is 1. The molecular formula is C15H27N3S. The second kappa shape index (κ2) is 6.33. The molecule has 0 radical (unpaired) electrons. The SMILES string of the molecule is Cc1nc(C)c(C(C)NC(C)C2CCCN(C)C2)s1. The van der Waals surface area contributed by atoms with Crippen molar-refractivity contribution in [2.24, 2.45) is 5.92 Å². The fourth-order valence-electron chi connectivity index (χ4n) is 3.17. The quantitative estimate of drug-likeness (QED) is 0.919. The van der Waals surface area contributed by atoms with Crippen molar-refractivity contribution >= 4 is 11.3 Å². The van der Waals surface area contributed by atoms with E-state index in [-0.39, 0.29) is 0 Å². The van der Waals surface area contributed by atoms with Gasteiger partial charge in [0.2, 0.25) is 0 Å². The van der Waals surface area contributed by atoms with Crippen molar-refractivity contribution in [1.82, 2.24) is 15.2 Å². The third-order valence-corrected chi connectivity index (χ3v) is 5.47. The summed E-state index contributed by atoms with van der Waals surface area (Å²) in [4.78, 5) is 8.39. The number of hydrogen-bond donors (Lipinski definition) is 1. The molecule has 0 saturated carbocycles. The summed E-state index contributed by atoms with van der Waals surface area (Å²) < 4.78 is 0. The van der Waals surface area contributed by atoms with Gasteiger partial charge in [-0.1, -0.05) is 0 Å². The predicted octanol–water partition coefficient (Wildman–Crippen LogP) is 3.14. The normalized spacial score (nSPS) is 24.4. The van der Waals surface area contributed by atoms with Crippen LogP contribution in [0.3, 0.4) is 0 Å². The van der Waals surface area contributed by atoms with Gasteiger partial charge < -0.3 is 10.2 Å². The van der Waals surface area contributed by atoms with E-state index in [0.29, 0.717) is 12.1 Å². The Hall–Kier alpha value is -0.450. The molecule has 0 aromatic carbocycles. The number of aryl methyl sites for hydroxylation is 2. The lowest BCUT2D eigenvalue weighted by molar-refractivity contribution is 0.174. The van der Waals surface area contributed by atoms with Crippen LogP contribution in [-0.2, 0) is 0 Å². The molecular weight excluding hydrogens is 254 g/mol. The van der Waals surface area contributed by atoms with E-state index < -0.39 is 0 Å². The highest BCUT2D eigenvalue weighted by Crippen LogP contribution is 2.26. The number of nitrogens with one attached hydrogen (secondary N) is 1. The first-order chi connectivity index (χ1) is 8.97. The molecule has 3 unspecified atom stereocenters. The van der Waals surface area contributed by atoms with Crippen LogP contribution >= 0.6 is 11.3 Å². The second-order valence-electron chi connectivity index (χ2n) is 6.02. The molecule has 4 heteroatoms. The molecule has 1 aromatic heterocycles. The minimum absolute atomic E-state index is 0.411. The van der Waals surface area contributed by atoms with E-state index in [0.717, 1.165) is 5.92 Å². The van der Waals surface area contributed by atoms with Gasteiger partial charge in [0.15, 0.2) is 0 Å². The Morgan fingerprint density at radius 3 is 2.68 bits per heavy atom. The van der Waals surface area contributed by atoms with Gasteiger partial charge in [0.1, 0.15) is 0 Å². The third-order valence-electron chi connectivity index (χ3n) is 4.21. The van der Waals surface area contributed by atoms with E-state index >= 15 is 0 Å². The fraction of sp³-hybridized carbons (Fsp3) is 0.800. The molecule has 1 saturated heterocycles. The van der Waals surface area contributed by atoms with Gasteiger partial charge in [-0.15, -0.1) is 11.3 Å². The molecule has 1 N–H and O–H groups in total. The van der Waals surface area contributed by atoms with Crippen molar-refractivity contribution < 1.29 is 0 Å². The van der Waals surface area contributed by atoms with Gasteiger partial charge in [-0.25, -0.2) is 4.98 Å². The zero-order chi connectivity index (χ0) is 14.0. The maximum absolute atomic E-state index is 4.53. The Balaban J connectivity index is 1.94. The van der Waals surface area contributed by atoms with Crippen molar-refractivity contribution in [3.63, 3.8) is 0 Å². The van der Waals surface area contributed by atoms with Crippen LogP contribution in [0.5, 0.6) is 0 Å². The van der Waals surface area contributed by atoms with E-state index in [1.54, 1.807) is 0 Å². The van der Waals surface area contributed by atoms with Crippen molar-refractivity contribution in [3.8, 4) is 0 Å². The first kappa shape index (κ1) is 14.9. The lowest BCUT2D eigenvalue weighted by Gasteiger charge is -2.35. The Morgan fingerprint density at radius 1 is 1.37 bits per heavy atom. The van der Waals surface area contributed by atoms with Gasteiger partial charge in [0, 0.05) is 23.5 Å². The number of aromatic nitrogens is 1. The maximum Gasteiger partial charge on any atom is 0.0900 e. The first-order valence-corrected chi connectivity index (χ1v) is 8.17. The molecule has 3 nitrogen and oxygen atoms in total. The number of nitrogens with zero attached hydrogens (tertiary/aromatic N) is 2. The van der Waals surface area contributed by atoms with Crippen LogP contribution in [0.1, 0.15) is 48.3 Å². The second-order valence-corrected chi connectivity index (χ2v) is 7.26. The topological polar surface area (TPSA) is 28.2 Å². The minimum Gasteiger partial charge on any atom is -0.307 e. The molecule has 108 valence electrons. The summed E-state index contributed by atoms with van der Waals surface area (Å²) in [6.07, 6.45) is 2.69. The summed E-state index contributed by atoms with van der Waals surface area (Å²) in [5.41, 5.74) is 1.19. The fourth-order valence-corrected chi connectivity index (χ4v) is 4.11. The van der Waals surface area contributed by atoms with Gasteiger partial charge in [-0.2, -0.15) is 0 Å². The molecule has 3 atom stereocenters. The van der Waals surface area contributed by atoms with Crippen molar-refractivity contribution in [2.45, 2.75) is 52.6 Å². The minimum atomic E-state index is 0.411. The third kappa shape index (κ3) is 3.77. The zero-order valence-corrected chi connectivity index (χ0v) is 13.7. The van der Waals surface area contributed by atoms with Crippen LogP contribution in [0.2, 0.25) is 0 Å². The highest BCUT2D eigenvalue weighted by molar-refractivity contribution is 7.11. The van der Waals surface area contributed by atoms with E-state index in [2.05, 4.69) is 49.9 Å². The maximum atomic E-state index is 4.53. The van der Waals surface area contributed by atoms with Crippen LogP contribution in [0.4, 0.5) is 0 Å². The van der Waals surface area contributed by atoms with E-state index in [1.807, 2.05) is 11.3 Å². The van der Waals surface area contributed by atoms with Gasteiger partial charge in [-0.3, -0.25) is 0 Å². The van der Waals surface area contributed by atoms with Crippen LogP contribution in [-0.4, -0.2) is 36.1 Å². The lowest BCUT2D eigenvalue weighted by atomic mass is 9.91. The van der Waals surface area contributed by atoms with Crippen LogP contribution in [0.15, 0.2) is 0 Å². The van der Waals surface area contributed by atoms with Crippen LogP contribution in [0.25, 0.3) is 0 Å². The molecule has 1 aliphatic rings. The first-order valence-electron chi connectivity index (χ1n) is 7.36. The average Bonchev–Trinajstić information content (AvgIpc) is 2.68. The molecule has 0 aliphatic carbocycles. The summed E-state index contributed by atoms with van der Waals surface area (Å²) in [6.45, 7) is 11.3. The number of hydrogen-bond acceptors (Lipinski definition) is 4. The highest BCUT2D eigenvalue weighted by atomic mass is 32.1. The summed E-state index contributed by atoms with van der Waals surface area (Å²) in [5.74, 6) is 0.774. The van der Waals surface area contributed by atoms with Gasteiger partial charge in [0.05, 0.1) is 10.7 Å². The monoisotopic (exact) mass is 281 g/mol. The number of rotatable bonds is 4. The van der Waals surface area contributed by atoms with E-state index in [1.165, 1.54) is 41.5 Å². The lowest BCUT2D eigenvalue weighted by Crippen LogP contribution is -2.43. The van der Waals surface area contributed by atoms with Crippen molar-refractivity contribution in [3.05, 3.63) is 15.6 Å². The standard InChI is InChI=1S/C15H27N3S/c1-10(14-7-6-8-18(5)9-14)16-11(2)15-12(3)17-13(4)19-15/h10-11,14,16H,6-9H2,1-5H3. The summed E-state index contributed by atoms with van der Waals surface area (Å²) >= 11 is 1.83. The van der Waals surface area contributed by atoms with Crippen LogP contribution < -0.4 is 5.32 Å². The average molecular weight is 281 g/mol. The Kier molecular flexibility index (Phi) is 4.98. The van der Waals surface area contributed by atoms with E-state index in [9.17, 15) is 0 Å². The molecule has 0 amide bonds. The molecule has 0 spiro atoms. The van der Waals surface area contributed by atoms with Crippen molar-refractivity contribution in [1.29, 1.82) is 0 Å². The number of piperidine rings is 1. The van der Waals surface area contributed by atoms with Crippen LogP contribution in [0, 0.1) is 19.8 Å². The number of thiazole rings is 1. The van der Waals surface area contributed by atoms with Gasteiger partial charge >= 0.3 is 0 Å². The molecule has 2 rings (SSSR count). The predicted molar refractivity (Wildman–Crippen MR) is 82.8 cm³/mol. The van der Waals surface area contributed by atoms with Gasteiger partial charge in [-0.05, 0) is 60.0 Å². The highest BCUT2D eigenvalue weighted by Gasteiger charge is 2.24. The Bertz CT molecular complexity index is 416. The molecule has 1 aliphatic heterocycles. The summed E-state index contributed by atoms with van der Waals surface area (Å²) in [6, 6.07) is 0.980. The molecule has 1 aromatic rings. The largest absolute Gasteiger partial charge is 0.307 e. The Morgan fingerprint density at radius 2 is 2.11 bits per heavy atom. The summed E-state index contributed by atoms with van der Waals surface area (Å²) in [5, 5.41) is 4.96.